The number of rotatable bonds is 12. The Morgan fingerprint density at radius 1 is 1.23 bits per heavy atom. The second kappa shape index (κ2) is 13.5. The summed E-state index contributed by atoms with van der Waals surface area (Å²) in [5, 5.41) is 11.5. The maximum Gasteiger partial charge on any atom is 0.130 e. The molecule has 4 unspecified atom stereocenters. The molecule has 8 heteroatoms. The van der Waals surface area contributed by atoms with Crippen molar-refractivity contribution in [3.05, 3.63) is 64.1 Å². The number of benzene rings is 1. The minimum Gasteiger partial charge on any atom is -0.365 e. The second-order valence-electron chi connectivity index (χ2n) is 11.2. The number of nitrogens with one attached hydrogen (secondary N) is 2. The number of halogens is 2. The highest BCUT2D eigenvalue weighted by molar-refractivity contribution is 5.74. The van der Waals surface area contributed by atoms with E-state index in [0.29, 0.717) is 25.9 Å². The van der Waals surface area contributed by atoms with E-state index in [4.69, 9.17) is 4.74 Å². The number of ether oxygens (including phenoxy) is 1. The van der Waals surface area contributed by atoms with Gasteiger partial charge in [0.15, 0.2) is 0 Å². The molecule has 2 heterocycles. The number of alkyl halides is 1. The Hall–Kier alpha value is -2.10. The quantitative estimate of drug-likeness (QED) is 0.396. The van der Waals surface area contributed by atoms with Crippen LogP contribution in [0.2, 0.25) is 0 Å². The van der Waals surface area contributed by atoms with Crippen LogP contribution in [-0.4, -0.2) is 93.8 Å². The summed E-state index contributed by atoms with van der Waals surface area (Å²) in [6.07, 6.45) is 4.88. The summed E-state index contributed by atoms with van der Waals surface area (Å²) in [5.41, 5.74) is 5.55. The lowest BCUT2D eigenvalue weighted by molar-refractivity contribution is 0.0315. The van der Waals surface area contributed by atoms with E-state index in [1.54, 1.807) is 6.08 Å². The maximum atomic E-state index is 15.4. The molecule has 4 atom stereocenters. The van der Waals surface area contributed by atoms with Crippen LogP contribution in [0.15, 0.2) is 47.4 Å². The smallest absolute Gasteiger partial charge is 0.130 e. The van der Waals surface area contributed by atoms with E-state index in [9.17, 15) is 0 Å². The molecule has 0 radical (unpaired) electrons. The molecule has 2 aliphatic heterocycles. The molecule has 3 aliphatic rings. The van der Waals surface area contributed by atoms with Gasteiger partial charge in [0, 0.05) is 62.9 Å². The fraction of sp³-hybridized carbons (Fsp3) is 0.613. The van der Waals surface area contributed by atoms with E-state index in [-0.39, 0.29) is 30.5 Å². The maximum absolute atomic E-state index is 15.4. The van der Waals surface area contributed by atoms with Crippen LogP contribution < -0.4 is 10.6 Å². The van der Waals surface area contributed by atoms with Gasteiger partial charge < -0.3 is 20.4 Å². The first-order chi connectivity index (χ1) is 18.8. The Bertz CT molecular complexity index is 1080. The molecule has 4 rings (SSSR count). The van der Waals surface area contributed by atoms with Crippen molar-refractivity contribution in [3.8, 4) is 0 Å². The van der Waals surface area contributed by atoms with Gasteiger partial charge >= 0.3 is 0 Å². The predicted molar refractivity (Wildman–Crippen MR) is 156 cm³/mol. The number of allylic oxidation sites excluding steroid dienone is 3. The molecule has 0 aromatic heterocycles. The van der Waals surface area contributed by atoms with Gasteiger partial charge in [0.1, 0.15) is 12.0 Å². The van der Waals surface area contributed by atoms with Crippen LogP contribution in [0.25, 0.3) is 5.57 Å². The van der Waals surface area contributed by atoms with Crippen molar-refractivity contribution in [1.29, 1.82) is 0 Å². The number of hydrogen-bond donors (Lipinski definition) is 2. The zero-order valence-electron chi connectivity index (χ0n) is 24.6. The van der Waals surface area contributed by atoms with Crippen LogP contribution in [0.1, 0.15) is 55.7 Å². The minimum atomic E-state index is -1.34. The highest BCUT2D eigenvalue weighted by Crippen LogP contribution is 2.40. The zero-order chi connectivity index (χ0) is 28.1. The molecule has 1 aromatic rings. The molecule has 2 N–H and O–H groups in total. The number of aryl methyl sites for hydroxylation is 1. The van der Waals surface area contributed by atoms with E-state index < -0.39 is 12.0 Å². The topological polar surface area (TPSA) is 43.0 Å². The van der Waals surface area contributed by atoms with Crippen LogP contribution in [0.5, 0.6) is 0 Å². The summed E-state index contributed by atoms with van der Waals surface area (Å²) in [6.45, 7) is 10.4. The van der Waals surface area contributed by atoms with Crippen LogP contribution in [0.4, 0.5) is 8.78 Å². The molecule has 1 aliphatic carbocycles. The molecule has 6 nitrogen and oxygen atoms in total. The highest BCUT2D eigenvalue weighted by atomic mass is 19.1. The summed E-state index contributed by atoms with van der Waals surface area (Å²) >= 11 is 0. The number of hydrogen-bond acceptors (Lipinski definition) is 6. The Kier molecular flexibility index (Phi) is 10.3. The van der Waals surface area contributed by atoms with Gasteiger partial charge in [0.05, 0.1) is 13.3 Å². The fourth-order valence-corrected chi connectivity index (χ4v) is 6.49. The monoisotopic (exact) mass is 543 g/mol. The van der Waals surface area contributed by atoms with Crippen molar-refractivity contribution < 1.29 is 13.5 Å². The number of nitrogens with zero attached hydrogens (tertiary/aromatic N) is 3. The third-order valence-corrected chi connectivity index (χ3v) is 8.62. The lowest BCUT2D eigenvalue weighted by Gasteiger charge is -2.33. The average molecular weight is 544 g/mol. The molecule has 39 heavy (non-hydrogen) atoms. The van der Waals surface area contributed by atoms with Crippen molar-refractivity contribution in [2.75, 3.05) is 60.7 Å². The summed E-state index contributed by atoms with van der Waals surface area (Å²) in [6, 6.07) is 6.67. The van der Waals surface area contributed by atoms with E-state index >= 15 is 8.78 Å². The Morgan fingerprint density at radius 3 is 2.67 bits per heavy atom. The Morgan fingerprint density at radius 2 is 2.03 bits per heavy atom. The third-order valence-electron chi connectivity index (χ3n) is 8.62. The van der Waals surface area contributed by atoms with Crippen molar-refractivity contribution in [2.45, 2.75) is 64.2 Å². The Balaban J connectivity index is 1.62. The van der Waals surface area contributed by atoms with Crippen LogP contribution in [-0.2, 0) is 4.74 Å². The standard InChI is InChI=1S/C31H47F2N5O/c1-7-25(11-12-34-4)38-18-24(17-36(38)6)31(35-5)22(3)30-21(2)9-8-10-26(30)23-15-28(32)27(29(33)16-23)19-37-13-14-39-20-37/h8-10,15,18,22,25,29,31,34-35H,7,11-14,16-17,19-20H2,1-6H3. The molecule has 1 fully saturated rings. The van der Waals surface area contributed by atoms with Crippen LogP contribution >= 0.6 is 0 Å². The largest absolute Gasteiger partial charge is 0.365 e. The molecule has 1 aromatic carbocycles. The number of hydrazine groups is 1. The van der Waals surface area contributed by atoms with Gasteiger partial charge in [-0.2, -0.15) is 0 Å². The molecule has 0 saturated carbocycles. The van der Waals surface area contributed by atoms with E-state index in [0.717, 1.165) is 48.2 Å². The van der Waals surface area contributed by atoms with Gasteiger partial charge in [-0.3, -0.25) is 4.90 Å². The van der Waals surface area contributed by atoms with E-state index in [1.165, 1.54) is 5.57 Å². The first kappa shape index (κ1) is 29.9. The van der Waals surface area contributed by atoms with Gasteiger partial charge in [-0.1, -0.05) is 32.0 Å². The first-order valence-corrected chi connectivity index (χ1v) is 14.4. The van der Waals surface area contributed by atoms with Crippen LogP contribution in [0, 0.1) is 6.92 Å². The van der Waals surface area contributed by atoms with Gasteiger partial charge in [0.25, 0.3) is 0 Å². The molecule has 0 amide bonds. The van der Waals surface area contributed by atoms with E-state index in [1.807, 2.05) is 31.1 Å². The number of likely N-dealkylation sites (N-methyl/N-ethyl adjacent to an activating group) is 2. The fourth-order valence-electron chi connectivity index (χ4n) is 6.49. The lowest BCUT2D eigenvalue weighted by atomic mass is 9.79. The van der Waals surface area contributed by atoms with Crippen molar-refractivity contribution in [1.82, 2.24) is 25.6 Å². The summed E-state index contributed by atoms with van der Waals surface area (Å²) < 4.78 is 36.1. The minimum absolute atomic E-state index is 0.0931. The van der Waals surface area contributed by atoms with Gasteiger partial charge in [-0.05, 0) is 74.3 Å². The highest BCUT2D eigenvalue weighted by Gasteiger charge is 2.34. The van der Waals surface area contributed by atoms with Gasteiger partial charge in [-0.15, -0.1) is 0 Å². The summed E-state index contributed by atoms with van der Waals surface area (Å²) in [4.78, 5) is 1.95. The predicted octanol–water partition coefficient (Wildman–Crippen LogP) is 4.76. The zero-order valence-corrected chi connectivity index (χ0v) is 24.6. The van der Waals surface area contributed by atoms with Crippen molar-refractivity contribution in [3.63, 3.8) is 0 Å². The summed E-state index contributed by atoms with van der Waals surface area (Å²) in [5.74, 6) is -0.332. The van der Waals surface area contributed by atoms with Crippen molar-refractivity contribution in [2.24, 2.45) is 0 Å². The summed E-state index contributed by atoms with van der Waals surface area (Å²) in [7, 11) is 6.16. The van der Waals surface area contributed by atoms with Gasteiger partial charge in [-0.25, -0.2) is 13.8 Å². The molecule has 0 spiro atoms. The molecular weight excluding hydrogens is 496 g/mol. The van der Waals surface area contributed by atoms with Crippen LogP contribution in [0.3, 0.4) is 0 Å². The Labute approximate surface area is 233 Å². The SMILES string of the molecule is CCC(CCNC)N1C=C(C(NC)C(C)c2c(C)cccc2C2=CC(F)=C(CN3CCOC3)C(F)C2)CN1C. The average Bonchev–Trinajstić information content (AvgIpc) is 3.56. The lowest BCUT2D eigenvalue weighted by Crippen LogP contribution is -2.41. The molecular formula is C31H47F2N5O. The van der Waals surface area contributed by atoms with E-state index in [2.05, 4.69) is 60.7 Å². The second-order valence-corrected chi connectivity index (χ2v) is 11.2. The molecule has 1 saturated heterocycles. The van der Waals surface area contributed by atoms with Gasteiger partial charge in [0.2, 0.25) is 0 Å². The molecule has 0 bridgehead atoms. The molecule has 216 valence electrons. The first-order valence-electron chi connectivity index (χ1n) is 14.4. The normalized spacial score (nSPS) is 23.3. The third kappa shape index (κ3) is 6.63. The van der Waals surface area contributed by atoms with Crippen molar-refractivity contribution >= 4 is 5.57 Å².